The summed E-state index contributed by atoms with van der Waals surface area (Å²) in [5.41, 5.74) is 2.42. The van der Waals surface area contributed by atoms with Crippen LogP contribution in [0.5, 0.6) is 0 Å². The Morgan fingerprint density at radius 1 is 1.17 bits per heavy atom. The Balaban J connectivity index is 1.56. The van der Waals surface area contributed by atoms with Gasteiger partial charge in [0.05, 0.1) is 0 Å². The first-order valence-electron chi connectivity index (χ1n) is 7.02. The van der Waals surface area contributed by atoms with Crippen LogP contribution in [0.2, 0.25) is 0 Å². The molecule has 1 aliphatic heterocycles. The zero-order valence-corrected chi connectivity index (χ0v) is 11.2. The van der Waals surface area contributed by atoms with Crippen molar-refractivity contribution >= 4 is 5.57 Å². The van der Waals surface area contributed by atoms with Crippen LogP contribution in [-0.2, 0) is 0 Å². The third-order valence-electron chi connectivity index (χ3n) is 3.55. The molecule has 1 aromatic carbocycles. The monoisotopic (exact) mass is 244 g/mol. The van der Waals surface area contributed by atoms with Crippen LogP contribution >= 0.6 is 0 Å². The molecule has 2 nitrogen and oxygen atoms in total. The SMILES string of the molecule is C=C(CNCCCN1CCCC1)c1ccccc1. The Morgan fingerprint density at radius 2 is 1.89 bits per heavy atom. The molecule has 0 amide bonds. The highest BCUT2D eigenvalue weighted by Crippen LogP contribution is 2.10. The van der Waals surface area contributed by atoms with Crippen LogP contribution in [0.3, 0.4) is 0 Å². The fraction of sp³-hybridized carbons (Fsp3) is 0.500. The van der Waals surface area contributed by atoms with Crippen LogP contribution in [-0.4, -0.2) is 37.6 Å². The van der Waals surface area contributed by atoms with Crippen molar-refractivity contribution in [3.8, 4) is 0 Å². The number of hydrogen-bond donors (Lipinski definition) is 1. The summed E-state index contributed by atoms with van der Waals surface area (Å²) in [4.78, 5) is 2.56. The van der Waals surface area contributed by atoms with Gasteiger partial charge in [-0.25, -0.2) is 0 Å². The zero-order valence-electron chi connectivity index (χ0n) is 11.2. The van der Waals surface area contributed by atoms with Gasteiger partial charge in [-0.15, -0.1) is 0 Å². The maximum absolute atomic E-state index is 4.13. The minimum Gasteiger partial charge on any atom is -0.313 e. The van der Waals surface area contributed by atoms with Crippen LogP contribution in [0.1, 0.15) is 24.8 Å². The minimum atomic E-state index is 0.893. The lowest BCUT2D eigenvalue weighted by molar-refractivity contribution is 0.332. The predicted octanol–water partition coefficient (Wildman–Crippen LogP) is 2.78. The van der Waals surface area contributed by atoms with Crippen molar-refractivity contribution in [3.63, 3.8) is 0 Å². The molecule has 0 radical (unpaired) electrons. The average Bonchev–Trinajstić information content (AvgIpc) is 2.92. The van der Waals surface area contributed by atoms with E-state index in [9.17, 15) is 0 Å². The highest BCUT2D eigenvalue weighted by Gasteiger charge is 2.09. The first-order valence-corrected chi connectivity index (χ1v) is 7.02. The number of hydrogen-bond acceptors (Lipinski definition) is 2. The van der Waals surface area contributed by atoms with Gasteiger partial charge in [-0.1, -0.05) is 36.9 Å². The molecule has 0 spiro atoms. The van der Waals surface area contributed by atoms with Gasteiger partial charge in [0.15, 0.2) is 0 Å². The summed E-state index contributed by atoms with van der Waals surface area (Å²) < 4.78 is 0. The van der Waals surface area contributed by atoms with Crippen LogP contribution in [0, 0.1) is 0 Å². The molecule has 0 aromatic heterocycles. The molecule has 0 unspecified atom stereocenters. The minimum absolute atomic E-state index is 0.893. The van der Waals surface area contributed by atoms with Crippen molar-refractivity contribution in [1.29, 1.82) is 0 Å². The second-order valence-electron chi connectivity index (χ2n) is 5.05. The molecule has 1 saturated heterocycles. The Hall–Kier alpha value is -1.12. The van der Waals surface area contributed by atoms with E-state index < -0.39 is 0 Å². The summed E-state index contributed by atoms with van der Waals surface area (Å²) in [6, 6.07) is 10.4. The first-order chi connectivity index (χ1) is 8.86. The number of rotatable bonds is 7. The van der Waals surface area contributed by atoms with Gasteiger partial charge in [-0.05, 0) is 56.6 Å². The Morgan fingerprint density at radius 3 is 2.61 bits per heavy atom. The molecule has 1 aromatic rings. The molecule has 1 aliphatic rings. The maximum Gasteiger partial charge on any atom is 0.0205 e. The topological polar surface area (TPSA) is 15.3 Å². The van der Waals surface area contributed by atoms with E-state index in [2.05, 4.69) is 41.1 Å². The van der Waals surface area contributed by atoms with E-state index in [0.29, 0.717) is 0 Å². The van der Waals surface area contributed by atoms with Gasteiger partial charge in [0, 0.05) is 6.54 Å². The van der Waals surface area contributed by atoms with Crippen molar-refractivity contribution < 1.29 is 0 Å². The van der Waals surface area contributed by atoms with E-state index in [0.717, 1.165) is 13.1 Å². The summed E-state index contributed by atoms with van der Waals surface area (Å²) in [5, 5.41) is 3.48. The highest BCUT2D eigenvalue weighted by molar-refractivity contribution is 5.64. The Labute approximate surface area is 111 Å². The van der Waals surface area contributed by atoms with E-state index in [1.807, 2.05) is 6.07 Å². The van der Waals surface area contributed by atoms with Gasteiger partial charge in [0.25, 0.3) is 0 Å². The summed E-state index contributed by atoms with van der Waals surface area (Å²) in [6.45, 7) is 9.95. The molecular formula is C16H24N2. The van der Waals surface area contributed by atoms with Crippen LogP contribution in [0.15, 0.2) is 36.9 Å². The van der Waals surface area contributed by atoms with Crippen LogP contribution in [0.4, 0.5) is 0 Å². The molecule has 98 valence electrons. The molecule has 2 heteroatoms. The van der Waals surface area contributed by atoms with E-state index in [1.54, 1.807) is 0 Å². The largest absolute Gasteiger partial charge is 0.313 e. The normalized spacial score (nSPS) is 16.0. The van der Waals surface area contributed by atoms with Crippen molar-refractivity contribution in [2.24, 2.45) is 0 Å². The van der Waals surface area contributed by atoms with Crippen molar-refractivity contribution in [2.45, 2.75) is 19.3 Å². The van der Waals surface area contributed by atoms with Crippen molar-refractivity contribution in [1.82, 2.24) is 10.2 Å². The van der Waals surface area contributed by atoms with Gasteiger partial charge in [-0.3, -0.25) is 0 Å². The molecule has 1 fully saturated rings. The first kappa shape index (κ1) is 13.3. The second kappa shape index (κ2) is 7.34. The molecule has 0 aliphatic carbocycles. The van der Waals surface area contributed by atoms with E-state index in [4.69, 9.17) is 0 Å². The Kier molecular flexibility index (Phi) is 5.43. The molecule has 0 bridgehead atoms. The third kappa shape index (κ3) is 4.28. The fourth-order valence-electron chi connectivity index (χ4n) is 2.45. The van der Waals surface area contributed by atoms with Crippen molar-refractivity contribution in [3.05, 3.63) is 42.5 Å². The highest BCUT2D eigenvalue weighted by atomic mass is 15.1. The van der Waals surface area contributed by atoms with E-state index in [-0.39, 0.29) is 0 Å². The van der Waals surface area contributed by atoms with Crippen LogP contribution < -0.4 is 5.32 Å². The lowest BCUT2D eigenvalue weighted by atomic mass is 10.1. The Bertz CT molecular complexity index is 353. The molecule has 0 saturated carbocycles. The molecule has 1 N–H and O–H groups in total. The summed E-state index contributed by atoms with van der Waals surface area (Å²) in [6.07, 6.45) is 4.01. The molecule has 2 rings (SSSR count). The van der Waals surface area contributed by atoms with Gasteiger partial charge in [0.2, 0.25) is 0 Å². The zero-order chi connectivity index (χ0) is 12.6. The average molecular weight is 244 g/mol. The maximum atomic E-state index is 4.13. The van der Waals surface area contributed by atoms with E-state index >= 15 is 0 Å². The lowest BCUT2D eigenvalue weighted by Crippen LogP contribution is -2.25. The number of benzene rings is 1. The number of likely N-dealkylation sites (tertiary alicyclic amines) is 1. The summed E-state index contributed by atoms with van der Waals surface area (Å²) >= 11 is 0. The molecule has 1 heterocycles. The summed E-state index contributed by atoms with van der Waals surface area (Å²) in [5.74, 6) is 0. The molecule has 0 atom stereocenters. The van der Waals surface area contributed by atoms with E-state index in [1.165, 1.54) is 50.0 Å². The van der Waals surface area contributed by atoms with Gasteiger partial charge >= 0.3 is 0 Å². The number of nitrogens with one attached hydrogen (secondary N) is 1. The van der Waals surface area contributed by atoms with Gasteiger partial charge in [0.1, 0.15) is 0 Å². The smallest absolute Gasteiger partial charge is 0.0205 e. The quantitative estimate of drug-likeness (QED) is 0.742. The third-order valence-corrected chi connectivity index (χ3v) is 3.55. The fourth-order valence-corrected chi connectivity index (χ4v) is 2.45. The molecule has 18 heavy (non-hydrogen) atoms. The van der Waals surface area contributed by atoms with Crippen LogP contribution in [0.25, 0.3) is 5.57 Å². The van der Waals surface area contributed by atoms with Gasteiger partial charge < -0.3 is 10.2 Å². The lowest BCUT2D eigenvalue weighted by Gasteiger charge is -2.14. The number of nitrogens with zero attached hydrogens (tertiary/aromatic N) is 1. The van der Waals surface area contributed by atoms with Gasteiger partial charge in [-0.2, -0.15) is 0 Å². The summed E-state index contributed by atoms with van der Waals surface area (Å²) in [7, 11) is 0. The second-order valence-corrected chi connectivity index (χ2v) is 5.05. The molecular weight excluding hydrogens is 220 g/mol. The predicted molar refractivity (Wildman–Crippen MR) is 78.6 cm³/mol. The standard InChI is InChI=1S/C16H24N2/c1-15(16-8-3-2-4-9-16)14-17-10-7-13-18-11-5-6-12-18/h2-4,8-9,17H,1,5-7,10-14H2. The van der Waals surface area contributed by atoms with Crippen molar-refractivity contribution in [2.75, 3.05) is 32.7 Å².